The Kier molecular flexibility index (Phi) is 4.21. The number of halogens is 1. The second-order valence-corrected chi connectivity index (χ2v) is 7.60. The number of aryl methyl sites for hydroxylation is 1. The molecule has 130 valence electrons. The third kappa shape index (κ3) is 2.90. The first-order valence-corrected chi connectivity index (χ1v) is 9.10. The summed E-state index contributed by atoms with van der Waals surface area (Å²) in [6, 6.07) is 8.39. The summed E-state index contributed by atoms with van der Waals surface area (Å²) in [4.78, 5) is 14.9. The number of para-hydroxylation sites is 1. The van der Waals surface area contributed by atoms with Crippen LogP contribution in [0.2, 0.25) is 0 Å². The molecule has 1 aliphatic carbocycles. The maximum Gasteiger partial charge on any atom is 0.237 e. The molecular weight excluding hydrogens is 305 g/mol. The predicted octanol–water partition coefficient (Wildman–Crippen LogP) is 2.03. The van der Waals surface area contributed by atoms with E-state index in [9.17, 15) is 9.18 Å². The van der Waals surface area contributed by atoms with Crippen LogP contribution in [0.15, 0.2) is 24.3 Å². The molecule has 1 saturated carbocycles. The van der Waals surface area contributed by atoms with Crippen molar-refractivity contribution < 1.29 is 9.18 Å². The molecule has 0 bridgehead atoms. The molecule has 5 heteroatoms. The number of carbonyl (C=O) groups excluding carboxylic acids is 1. The maximum atomic E-state index is 13.3. The van der Waals surface area contributed by atoms with Crippen LogP contribution >= 0.6 is 0 Å². The van der Waals surface area contributed by atoms with Gasteiger partial charge in [-0.05, 0) is 37.3 Å². The summed E-state index contributed by atoms with van der Waals surface area (Å²) >= 11 is 0. The van der Waals surface area contributed by atoms with Crippen molar-refractivity contribution in [3.05, 3.63) is 29.8 Å². The van der Waals surface area contributed by atoms with Crippen molar-refractivity contribution >= 4 is 11.6 Å². The third-order valence-electron chi connectivity index (χ3n) is 6.03. The van der Waals surface area contributed by atoms with Gasteiger partial charge in [-0.15, -0.1) is 0 Å². The lowest BCUT2D eigenvalue weighted by Crippen LogP contribution is -2.47. The minimum atomic E-state index is -0.889. The van der Waals surface area contributed by atoms with E-state index in [0.717, 1.165) is 19.5 Å². The lowest BCUT2D eigenvalue weighted by molar-refractivity contribution is -0.123. The average Bonchev–Trinajstić information content (AvgIpc) is 3.25. The average molecular weight is 331 g/mol. The number of rotatable bonds is 3. The monoisotopic (exact) mass is 331 g/mol. The van der Waals surface area contributed by atoms with Crippen molar-refractivity contribution in [3.8, 4) is 0 Å². The number of carbonyl (C=O) groups is 1. The highest BCUT2D eigenvalue weighted by atomic mass is 19.1. The van der Waals surface area contributed by atoms with Gasteiger partial charge in [0.25, 0.3) is 0 Å². The summed E-state index contributed by atoms with van der Waals surface area (Å²) in [7, 11) is 0. The van der Waals surface area contributed by atoms with Gasteiger partial charge in [-0.3, -0.25) is 4.79 Å². The second kappa shape index (κ2) is 6.36. The SMILES string of the molecule is Cc1ccccc1N1CC2CCC(NC(=O)[C@@H]3C[C@@H](F)CN3)C2C1. The molecule has 4 rings (SSSR count). The Balaban J connectivity index is 1.40. The van der Waals surface area contributed by atoms with Crippen molar-refractivity contribution in [1.29, 1.82) is 0 Å². The molecule has 5 atom stereocenters. The molecule has 3 unspecified atom stereocenters. The van der Waals surface area contributed by atoms with Gasteiger partial charge >= 0.3 is 0 Å². The largest absolute Gasteiger partial charge is 0.371 e. The number of anilines is 1. The van der Waals surface area contributed by atoms with Crippen LogP contribution in [0.4, 0.5) is 10.1 Å². The van der Waals surface area contributed by atoms with Gasteiger partial charge in [0.15, 0.2) is 0 Å². The Bertz CT molecular complexity index is 622. The van der Waals surface area contributed by atoms with E-state index in [2.05, 4.69) is 46.7 Å². The Morgan fingerprint density at radius 1 is 1.29 bits per heavy atom. The number of hydrogen-bond acceptors (Lipinski definition) is 3. The highest BCUT2D eigenvalue weighted by Gasteiger charge is 2.44. The second-order valence-electron chi connectivity index (χ2n) is 7.60. The smallest absolute Gasteiger partial charge is 0.237 e. The van der Waals surface area contributed by atoms with E-state index in [-0.39, 0.29) is 18.0 Å². The molecule has 3 fully saturated rings. The highest BCUT2D eigenvalue weighted by molar-refractivity contribution is 5.82. The van der Waals surface area contributed by atoms with E-state index in [0.29, 0.717) is 24.8 Å². The molecule has 1 aromatic carbocycles. The van der Waals surface area contributed by atoms with Gasteiger partial charge in [0.1, 0.15) is 6.17 Å². The van der Waals surface area contributed by atoms with Gasteiger partial charge < -0.3 is 15.5 Å². The van der Waals surface area contributed by atoms with Crippen LogP contribution in [0, 0.1) is 18.8 Å². The summed E-state index contributed by atoms with van der Waals surface area (Å²) in [6.45, 7) is 4.54. The summed E-state index contributed by atoms with van der Waals surface area (Å²) in [5.41, 5.74) is 2.62. The quantitative estimate of drug-likeness (QED) is 0.891. The van der Waals surface area contributed by atoms with Crippen molar-refractivity contribution in [2.45, 2.75) is 44.4 Å². The minimum absolute atomic E-state index is 0.0184. The Morgan fingerprint density at radius 2 is 2.12 bits per heavy atom. The normalized spacial score (nSPS) is 35.2. The van der Waals surface area contributed by atoms with Crippen molar-refractivity contribution in [2.75, 3.05) is 24.5 Å². The van der Waals surface area contributed by atoms with Crippen LogP contribution in [0.3, 0.4) is 0 Å². The van der Waals surface area contributed by atoms with Gasteiger partial charge in [-0.25, -0.2) is 4.39 Å². The van der Waals surface area contributed by atoms with Crippen LogP contribution in [-0.4, -0.2) is 43.8 Å². The number of amides is 1. The number of benzene rings is 1. The van der Waals surface area contributed by atoms with Crippen LogP contribution in [0.1, 0.15) is 24.8 Å². The molecule has 2 saturated heterocycles. The van der Waals surface area contributed by atoms with Crippen LogP contribution in [0.5, 0.6) is 0 Å². The molecule has 2 aliphatic heterocycles. The van der Waals surface area contributed by atoms with Gasteiger partial charge in [-0.2, -0.15) is 0 Å². The first-order valence-electron chi connectivity index (χ1n) is 9.10. The highest BCUT2D eigenvalue weighted by Crippen LogP contribution is 2.40. The molecular formula is C19H26FN3O. The van der Waals surface area contributed by atoms with E-state index in [1.54, 1.807) is 0 Å². The molecule has 1 amide bonds. The molecule has 1 aromatic rings. The van der Waals surface area contributed by atoms with E-state index in [4.69, 9.17) is 0 Å². The van der Waals surface area contributed by atoms with E-state index < -0.39 is 6.17 Å². The van der Waals surface area contributed by atoms with Gasteiger partial charge in [0.2, 0.25) is 5.91 Å². The predicted molar refractivity (Wildman–Crippen MR) is 92.8 cm³/mol. The molecule has 2 heterocycles. The fraction of sp³-hybridized carbons (Fsp3) is 0.632. The van der Waals surface area contributed by atoms with Gasteiger partial charge in [0, 0.05) is 43.7 Å². The zero-order valence-corrected chi connectivity index (χ0v) is 14.2. The minimum Gasteiger partial charge on any atom is -0.371 e. The lowest BCUT2D eigenvalue weighted by atomic mass is 9.97. The fourth-order valence-corrected chi connectivity index (χ4v) is 4.74. The van der Waals surface area contributed by atoms with Gasteiger partial charge in [-0.1, -0.05) is 18.2 Å². The third-order valence-corrected chi connectivity index (χ3v) is 6.03. The van der Waals surface area contributed by atoms with E-state index in [1.165, 1.54) is 17.7 Å². The summed E-state index contributed by atoms with van der Waals surface area (Å²) < 4.78 is 13.3. The van der Waals surface area contributed by atoms with Crippen LogP contribution in [-0.2, 0) is 4.79 Å². The topological polar surface area (TPSA) is 44.4 Å². The number of hydrogen-bond donors (Lipinski definition) is 2. The van der Waals surface area contributed by atoms with E-state index >= 15 is 0 Å². The zero-order valence-electron chi connectivity index (χ0n) is 14.2. The van der Waals surface area contributed by atoms with E-state index in [1.807, 2.05) is 0 Å². The summed E-state index contributed by atoms with van der Waals surface area (Å²) in [5.74, 6) is 1.15. The molecule has 3 aliphatic rings. The molecule has 0 aromatic heterocycles. The molecule has 0 spiro atoms. The van der Waals surface area contributed by atoms with Gasteiger partial charge in [0.05, 0.1) is 6.04 Å². The molecule has 2 N–H and O–H groups in total. The molecule has 4 nitrogen and oxygen atoms in total. The Hall–Kier alpha value is -1.62. The van der Waals surface area contributed by atoms with Crippen LogP contribution in [0.25, 0.3) is 0 Å². The van der Waals surface area contributed by atoms with Crippen molar-refractivity contribution in [3.63, 3.8) is 0 Å². The zero-order chi connectivity index (χ0) is 16.7. The van der Waals surface area contributed by atoms with Crippen LogP contribution < -0.4 is 15.5 Å². The summed E-state index contributed by atoms with van der Waals surface area (Å²) in [5, 5.41) is 6.19. The number of nitrogens with zero attached hydrogens (tertiary/aromatic N) is 1. The number of alkyl halides is 1. The van der Waals surface area contributed by atoms with Crippen molar-refractivity contribution in [2.24, 2.45) is 11.8 Å². The fourth-order valence-electron chi connectivity index (χ4n) is 4.74. The maximum absolute atomic E-state index is 13.3. The molecule has 24 heavy (non-hydrogen) atoms. The number of nitrogens with one attached hydrogen (secondary N) is 2. The molecule has 0 radical (unpaired) electrons. The first-order chi connectivity index (χ1) is 11.6. The van der Waals surface area contributed by atoms with Crippen molar-refractivity contribution in [1.82, 2.24) is 10.6 Å². The Morgan fingerprint density at radius 3 is 2.88 bits per heavy atom. The summed E-state index contributed by atoms with van der Waals surface area (Å²) in [6.07, 6.45) is 1.64. The lowest BCUT2D eigenvalue weighted by Gasteiger charge is -2.25. The number of fused-ring (bicyclic) bond motifs is 1. The standard InChI is InChI=1S/C19H26FN3O/c1-12-4-2-3-5-18(12)23-10-13-6-7-16(15(13)11-23)22-19(24)17-8-14(20)9-21-17/h2-5,13-17,21H,6-11H2,1H3,(H,22,24)/t13?,14-,15?,16?,17+/m1/s1. The first kappa shape index (κ1) is 15.9. The Labute approximate surface area is 142 Å².